The number of hydrogen-bond donors (Lipinski definition) is 2. The second-order valence-electron chi connectivity index (χ2n) is 6.77. The summed E-state index contributed by atoms with van der Waals surface area (Å²) in [6, 6.07) is 7.42. The maximum Gasteiger partial charge on any atom is 0.270 e. The van der Waals surface area contributed by atoms with Gasteiger partial charge in [-0.15, -0.1) is 0 Å². The number of benzene rings is 1. The van der Waals surface area contributed by atoms with Crippen LogP contribution in [0.15, 0.2) is 42.7 Å². The number of fused-ring (bicyclic) bond motifs is 1. The van der Waals surface area contributed by atoms with Crippen molar-refractivity contribution in [2.24, 2.45) is 0 Å². The van der Waals surface area contributed by atoms with Crippen LogP contribution in [0, 0.1) is 16.4 Å². The molecule has 28 heavy (non-hydrogen) atoms. The van der Waals surface area contributed by atoms with E-state index in [1.54, 1.807) is 30.6 Å². The number of imidazole rings is 1. The highest BCUT2D eigenvalue weighted by Crippen LogP contribution is 2.32. The molecule has 1 atom stereocenters. The molecular formula is C20H18F2N4OS. The fourth-order valence-electron chi connectivity index (χ4n) is 3.72. The van der Waals surface area contributed by atoms with Crippen molar-refractivity contribution in [2.75, 3.05) is 0 Å². The summed E-state index contributed by atoms with van der Waals surface area (Å²) in [6.07, 6.45) is 4.99. The third-order valence-corrected chi connectivity index (χ3v) is 5.33. The van der Waals surface area contributed by atoms with Crippen LogP contribution < -0.4 is 5.32 Å². The number of nitrogens with one attached hydrogen (secondary N) is 2. The van der Waals surface area contributed by atoms with Crippen LogP contribution in [0.25, 0.3) is 0 Å². The smallest absolute Gasteiger partial charge is 0.270 e. The zero-order valence-electron chi connectivity index (χ0n) is 14.9. The van der Waals surface area contributed by atoms with Gasteiger partial charge in [-0.3, -0.25) is 9.78 Å². The van der Waals surface area contributed by atoms with Gasteiger partial charge in [0, 0.05) is 24.5 Å². The Kier molecular flexibility index (Phi) is 5.04. The quantitative estimate of drug-likeness (QED) is 0.654. The van der Waals surface area contributed by atoms with Crippen molar-refractivity contribution < 1.29 is 13.6 Å². The first-order valence-electron chi connectivity index (χ1n) is 8.97. The number of nitrogens with zero attached hydrogens (tertiary/aromatic N) is 2. The number of amides is 1. The first kappa shape index (κ1) is 18.5. The lowest BCUT2D eigenvalue weighted by molar-refractivity contribution is 0.0944. The van der Waals surface area contributed by atoms with E-state index in [-0.39, 0.29) is 18.5 Å². The third-order valence-electron chi connectivity index (χ3n) is 5.02. The number of H-pyrrole nitrogens is 1. The highest BCUT2D eigenvalue weighted by atomic mass is 32.1. The number of rotatable bonds is 4. The Hall–Kier alpha value is -2.87. The van der Waals surface area contributed by atoms with E-state index in [0.29, 0.717) is 40.9 Å². The van der Waals surface area contributed by atoms with Crippen LogP contribution in [-0.2, 0) is 19.4 Å². The molecule has 0 radical (unpaired) electrons. The molecule has 1 aliphatic carbocycles. The average Bonchev–Trinajstić information content (AvgIpc) is 3.06. The molecule has 0 bridgehead atoms. The van der Waals surface area contributed by atoms with Crippen molar-refractivity contribution in [1.29, 1.82) is 0 Å². The molecule has 3 aromatic rings. The van der Waals surface area contributed by atoms with Crippen molar-refractivity contribution in [1.82, 2.24) is 19.9 Å². The Labute approximate surface area is 165 Å². The molecule has 144 valence electrons. The topological polar surface area (TPSA) is 62.7 Å². The summed E-state index contributed by atoms with van der Waals surface area (Å²) in [5, 5.41) is 2.84. The summed E-state index contributed by atoms with van der Waals surface area (Å²) >= 11 is 5.41. The van der Waals surface area contributed by atoms with Gasteiger partial charge < -0.3 is 14.9 Å². The summed E-state index contributed by atoms with van der Waals surface area (Å²) < 4.78 is 30.1. The van der Waals surface area contributed by atoms with Crippen LogP contribution in [0.4, 0.5) is 8.78 Å². The predicted molar refractivity (Wildman–Crippen MR) is 102 cm³/mol. The van der Waals surface area contributed by atoms with Crippen molar-refractivity contribution >= 4 is 18.1 Å². The molecule has 1 amide bonds. The summed E-state index contributed by atoms with van der Waals surface area (Å²) in [5.41, 5.74) is 2.38. The second kappa shape index (κ2) is 7.63. The van der Waals surface area contributed by atoms with Crippen LogP contribution in [0.5, 0.6) is 0 Å². The van der Waals surface area contributed by atoms with E-state index in [9.17, 15) is 13.6 Å². The van der Waals surface area contributed by atoms with Crippen molar-refractivity contribution in [3.8, 4) is 0 Å². The molecule has 1 aliphatic rings. The lowest BCUT2D eigenvalue weighted by Gasteiger charge is -2.27. The van der Waals surface area contributed by atoms with Crippen molar-refractivity contribution in [2.45, 2.75) is 31.8 Å². The maximum atomic E-state index is 14.0. The lowest BCUT2D eigenvalue weighted by Crippen LogP contribution is -2.27. The molecule has 1 unspecified atom stereocenters. The average molecular weight is 400 g/mol. The van der Waals surface area contributed by atoms with Gasteiger partial charge in [0.1, 0.15) is 17.3 Å². The zero-order chi connectivity index (χ0) is 19.7. The number of pyridine rings is 1. The molecule has 2 N–H and O–H groups in total. The highest BCUT2D eigenvalue weighted by molar-refractivity contribution is 7.71. The monoisotopic (exact) mass is 400 g/mol. The Morgan fingerprint density at radius 2 is 2.21 bits per heavy atom. The Balaban J connectivity index is 1.54. The number of carbonyl (C=O) groups excluding carboxylic acids is 1. The minimum Gasteiger partial charge on any atom is -0.345 e. The summed E-state index contributed by atoms with van der Waals surface area (Å²) in [4.78, 5) is 19.3. The minimum absolute atomic E-state index is 0.0331. The number of aromatic amines is 1. The van der Waals surface area contributed by atoms with Crippen molar-refractivity contribution in [3.63, 3.8) is 0 Å². The molecular weight excluding hydrogens is 382 g/mol. The Morgan fingerprint density at radius 1 is 1.36 bits per heavy atom. The number of halogens is 2. The van der Waals surface area contributed by atoms with Crippen LogP contribution in [0.2, 0.25) is 0 Å². The molecule has 0 aliphatic heterocycles. The third kappa shape index (κ3) is 3.60. The fourth-order valence-corrected chi connectivity index (χ4v) is 4.04. The van der Waals surface area contributed by atoms with E-state index in [0.717, 1.165) is 11.8 Å². The Bertz CT molecular complexity index is 1080. The molecule has 8 heteroatoms. The highest BCUT2D eigenvalue weighted by Gasteiger charge is 2.25. The van der Waals surface area contributed by atoms with E-state index in [2.05, 4.69) is 15.3 Å². The maximum absolute atomic E-state index is 14.0. The molecule has 0 spiro atoms. The van der Waals surface area contributed by atoms with E-state index in [4.69, 9.17) is 12.2 Å². The molecule has 0 saturated heterocycles. The normalized spacial score (nSPS) is 15.9. The lowest BCUT2D eigenvalue weighted by atomic mass is 9.87. The summed E-state index contributed by atoms with van der Waals surface area (Å²) in [5.74, 6) is -1.34. The Morgan fingerprint density at radius 3 is 3.00 bits per heavy atom. The van der Waals surface area contributed by atoms with Gasteiger partial charge >= 0.3 is 0 Å². The molecule has 0 fully saturated rings. The van der Waals surface area contributed by atoms with Gasteiger partial charge in [-0.25, -0.2) is 8.78 Å². The van der Waals surface area contributed by atoms with Gasteiger partial charge in [-0.05, 0) is 60.8 Å². The molecule has 2 aromatic heterocycles. The van der Waals surface area contributed by atoms with E-state index in [1.807, 2.05) is 4.57 Å². The fraction of sp³-hybridized carbons (Fsp3) is 0.250. The standard InChI is InChI=1S/C20H18F2N4OS/c21-13-7-12-8-14(4-5-16(12)17(22)9-13)26-15(11-25-20(26)28)10-24-19(27)18-3-1-2-6-23-18/h1-3,6-7,9,11,14H,4-5,8,10H2,(H,24,27)(H,25,28). The van der Waals surface area contributed by atoms with Crippen LogP contribution in [0.1, 0.15) is 39.8 Å². The van der Waals surface area contributed by atoms with E-state index < -0.39 is 11.6 Å². The number of aromatic nitrogens is 3. The number of hydrogen-bond acceptors (Lipinski definition) is 3. The van der Waals surface area contributed by atoms with Gasteiger partial charge in [0.2, 0.25) is 0 Å². The van der Waals surface area contributed by atoms with Crippen molar-refractivity contribution in [3.05, 3.63) is 81.6 Å². The van der Waals surface area contributed by atoms with E-state index >= 15 is 0 Å². The molecule has 5 nitrogen and oxygen atoms in total. The zero-order valence-corrected chi connectivity index (χ0v) is 15.7. The molecule has 0 saturated carbocycles. The van der Waals surface area contributed by atoms with Gasteiger partial charge in [-0.2, -0.15) is 0 Å². The van der Waals surface area contributed by atoms with Gasteiger partial charge in [-0.1, -0.05) is 6.07 Å². The summed E-state index contributed by atoms with van der Waals surface area (Å²) in [6.45, 7) is 0.267. The van der Waals surface area contributed by atoms with Gasteiger partial charge in [0.15, 0.2) is 4.77 Å². The first-order valence-corrected chi connectivity index (χ1v) is 9.38. The number of carbonyl (C=O) groups is 1. The SMILES string of the molecule is O=C(NCc1c[nH]c(=S)n1C1CCc2c(F)cc(F)cc2C1)c1ccccn1. The molecule has 2 heterocycles. The van der Waals surface area contributed by atoms with Gasteiger partial charge in [0.05, 0.1) is 12.2 Å². The minimum atomic E-state index is -0.572. The first-order chi connectivity index (χ1) is 13.5. The second-order valence-corrected chi connectivity index (χ2v) is 7.16. The van der Waals surface area contributed by atoms with Crippen LogP contribution in [0.3, 0.4) is 0 Å². The van der Waals surface area contributed by atoms with E-state index in [1.165, 1.54) is 6.07 Å². The summed E-state index contributed by atoms with van der Waals surface area (Å²) in [7, 11) is 0. The largest absolute Gasteiger partial charge is 0.345 e. The molecule has 4 rings (SSSR count). The predicted octanol–water partition coefficient (Wildman–Crippen LogP) is 3.88. The van der Waals surface area contributed by atoms with Gasteiger partial charge in [0.25, 0.3) is 5.91 Å². The van der Waals surface area contributed by atoms with Crippen LogP contribution >= 0.6 is 12.2 Å². The molecule has 1 aromatic carbocycles. The van der Waals surface area contributed by atoms with Crippen LogP contribution in [-0.4, -0.2) is 20.4 Å².